The molecule has 0 radical (unpaired) electrons. The molecule has 228 valence electrons. The number of hydrogen-bond acceptors (Lipinski definition) is 9. The SMILES string of the molecule is Cc1c(-c2ncco2)sc2c1c(=O)n([C@@H](C)C(=O)O)c(=O)n2C[C@H](OC1C=c2ccc(o2)=C1)c1cc(F)ccc1OC(F)F. The number of aromatic nitrogens is 3. The maximum absolute atomic E-state index is 14.6. The summed E-state index contributed by atoms with van der Waals surface area (Å²) in [5.74, 6) is -2.47. The van der Waals surface area contributed by atoms with Gasteiger partial charge < -0.3 is 23.4 Å². The highest BCUT2D eigenvalue weighted by Crippen LogP contribution is 2.38. The van der Waals surface area contributed by atoms with Crippen LogP contribution in [0.25, 0.3) is 33.1 Å². The lowest BCUT2D eigenvalue weighted by atomic mass is 10.1. The minimum absolute atomic E-state index is 0.0236. The molecule has 0 aliphatic carbocycles. The molecule has 6 rings (SSSR count). The number of nitrogens with zero attached hydrogens (tertiary/aromatic N) is 3. The maximum Gasteiger partial charge on any atom is 0.387 e. The number of fused-ring (bicyclic) bond motifs is 3. The van der Waals surface area contributed by atoms with Crippen molar-refractivity contribution in [2.45, 2.75) is 45.3 Å². The highest BCUT2D eigenvalue weighted by atomic mass is 32.1. The number of ether oxygens (including phenoxy) is 2. The van der Waals surface area contributed by atoms with Gasteiger partial charge in [0.25, 0.3) is 5.56 Å². The average Bonchev–Trinajstić information content (AvgIpc) is 3.70. The lowest BCUT2D eigenvalue weighted by Gasteiger charge is -2.25. The molecule has 44 heavy (non-hydrogen) atoms. The summed E-state index contributed by atoms with van der Waals surface area (Å²) in [5, 5.41) is 9.76. The molecular formula is C29H22F3N3O8S. The Labute approximate surface area is 248 Å². The van der Waals surface area contributed by atoms with Gasteiger partial charge in [0.05, 0.1) is 23.0 Å². The van der Waals surface area contributed by atoms with Crippen LogP contribution in [0.4, 0.5) is 13.2 Å². The van der Waals surface area contributed by atoms with Gasteiger partial charge in [0, 0.05) is 5.56 Å². The lowest BCUT2D eigenvalue weighted by Crippen LogP contribution is -2.44. The number of carboxylic acids is 1. The molecule has 1 N–H and O–H groups in total. The van der Waals surface area contributed by atoms with Crippen molar-refractivity contribution in [3.8, 4) is 16.5 Å². The summed E-state index contributed by atoms with van der Waals surface area (Å²) >= 11 is 0.989. The Balaban J connectivity index is 1.58. The Hall–Kier alpha value is -4.89. The van der Waals surface area contributed by atoms with E-state index in [0.29, 0.717) is 25.8 Å². The Morgan fingerprint density at radius 3 is 2.55 bits per heavy atom. The molecule has 2 atom stereocenters. The first kappa shape index (κ1) is 29.2. The van der Waals surface area contributed by atoms with Crippen molar-refractivity contribution in [1.82, 2.24) is 14.1 Å². The number of carbonyl (C=O) groups is 1. The number of oxazole rings is 1. The zero-order chi connectivity index (χ0) is 31.3. The van der Waals surface area contributed by atoms with E-state index >= 15 is 0 Å². The Morgan fingerprint density at radius 1 is 1.18 bits per heavy atom. The molecule has 0 saturated carbocycles. The standard InChI is InChI=1S/C29H22F3N3O8S/c1-13-22-25(36)35(14(2)27(37)38)29(39)34(26(22)44-23(13)24-33-7-8-40-24)12-21(42-18-10-16-4-5-17(11-18)41-16)19-9-15(30)3-6-20(19)43-28(31)32/h3-11,14,18,21,28H,12H2,1-2H3,(H,37,38)/t14-,21-/m0/s1. The van der Waals surface area contributed by atoms with Crippen molar-refractivity contribution in [2.24, 2.45) is 0 Å². The summed E-state index contributed by atoms with van der Waals surface area (Å²) in [6.07, 6.45) is 3.76. The summed E-state index contributed by atoms with van der Waals surface area (Å²) in [6, 6.07) is 4.70. The molecule has 0 unspecified atom stereocenters. The maximum atomic E-state index is 14.6. The molecule has 0 fully saturated rings. The highest BCUT2D eigenvalue weighted by molar-refractivity contribution is 7.22. The minimum atomic E-state index is -3.26. The fourth-order valence-electron chi connectivity index (χ4n) is 5.06. The van der Waals surface area contributed by atoms with Gasteiger partial charge in [-0.05, 0) is 61.9 Å². The number of benzene rings is 1. The quantitative estimate of drug-likeness (QED) is 0.246. The molecule has 5 heterocycles. The van der Waals surface area contributed by atoms with E-state index in [0.717, 1.165) is 34.1 Å². The molecule has 1 aromatic carbocycles. The average molecular weight is 630 g/mol. The number of rotatable bonds is 10. The second-order valence-corrected chi connectivity index (χ2v) is 10.9. The number of halogens is 3. The van der Waals surface area contributed by atoms with E-state index in [1.54, 1.807) is 31.2 Å². The van der Waals surface area contributed by atoms with E-state index in [9.17, 15) is 32.7 Å². The fourth-order valence-corrected chi connectivity index (χ4v) is 6.30. The summed E-state index contributed by atoms with van der Waals surface area (Å²) < 4.78 is 65.0. The van der Waals surface area contributed by atoms with E-state index in [1.165, 1.54) is 19.4 Å². The minimum Gasteiger partial charge on any atom is -0.480 e. The molecule has 11 nitrogen and oxygen atoms in total. The van der Waals surface area contributed by atoms with Crippen LogP contribution in [-0.4, -0.2) is 37.9 Å². The van der Waals surface area contributed by atoms with Crippen LogP contribution in [0.3, 0.4) is 0 Å². The predicted octanol–water partition coefficient (Wildman–Crippen LogP) is 3.57. The van der Waals surface area contributed by atoms with Gasteiger partial charge >= 0.3 is 18.3 Å². The molecule has 4 aromatic heterocycles. The molecule has 1 aliphatic rings. The van der Waals surface area contributed by atoms with Crippen molar-refractivity contribution in [3.63, 3.8) is 0 Å². The van der Waals surface area contributed by atoms with Gasteiger partial charge in [-0.1, -0.05) is 0 Å². The largest absolute Gasteiger partial charge is 0.480 e. The first-order valence-electron chi connectivity index (χ1n) is 13.1. The number of alkyl halides is 2. The third-order valence-corrected chi connectivity index (χ3v) is 8.43. The van der Waals surface area contributed by atoms with Crippen molar-refractivity contribution in [2.75, 3.05) is 0 Å². The van der Waals surface area contributed by atoms with Crippen LogP contribution in [-0.2, 0) is 16.1 Å². The van der Waals surface area contributed by atoms with Gasteiger partial charge in [0.1, 0.15) is 51.7 Å². The molecular weight excluding hydrogens is 607 g/mol. The third-order valence-electron chi connectivity index (χ3n) is 7.12. The predicted molar refractivity (Wildman–Crippen MR) is 150 cm³/mol. The van der Waals surface area contributed by atoms with E-state index in [-0.39, 0.29) is 21.7 Å². The van der Waals surface area contributed by atoms with Crippen LogP contribution in [0.1, 0.15) is 30.2 Å². The first-order chi connectivity index (χ1) is 21.0. The van der Waals surface area contributed by atoms with Crippen LogP contribution in [0.2, 0.25) is 0 Å². The van der Waals surface area contributed by atoms with Crippen LogP contribution < -0.4 is 26.8 Å². The number of aliphatic carboxylic acids is 1. The second-order valence-electron chi connectivity index (χ2n) is 9.88. The summed E-state index contributed by atoms with van der Waals surface area (Å²) in [6.45, 7) is -0.949. The first-order valence-corrected chi connectivity index (χ1v) is 13.9. The lowest BCUT2D eigenvalue weighted by molar-refractivity contribution is -0.140. The van der Waals surface area contributed by atoms with Gasteiger partial charge in [0.15, 0.2) is 0 Å². The van der Waals surface area contributed by atoms with Gasteiger partial charge in [-0.25, -0.2) is 23.5 Å². The number of carboxylic acid groups (broad SMARTS) is 1. The van der Waals surface area contributed by atoms with Crippen molar-refractivity contribution in [3.05, 3.63) is 91.4 Å². The normalized spacial score (nSPS) is 14.4. The number of furan rings is 1. The van der Waals surface area contributed by atoms with Gasteiger partial charge in [-0.3, -0.25) is 9.36 Å². The topological polar surface area (TPSA) is 139 Å². The van der Waals surface area contributed by atoms with Gasteiger partial charge in [-0.15, -0.1) is 11.3 Å². The molecule has 0 saturated heterocycles. The van der Waals surface area contributed by atoms with Crippen molar-refractivity contribution in [1.29, 1.82) is 0 Å². The summed E-state index contributed by atoms with van der Waals surface area (Å²) in [4.78, 5) is 44.2. The Kier molecular flexibility index (Phi) is 7.51. The molecule has 5 aromatic rings. The van der Waals surface area contributed by atoms with E-state index < -0.39 is 60.2 Å². The van der Waals surface area contributed by atoms with E-state index in [4.69, 9.17) is 13.6 Å². The number of hydrogen-bond donors (Lipinski definition) is 1. The van der Waals surface area contributed by atoms with Crippen molar-refractivity contribution >= 4 is 39.7 Å². The van der Waals surface area contributed by atoms with E-state index in [1.807, 2.05) is 0 Å². The smallest absolute Gasteiger partial charge is 0.387 e. The number of aryl methyl sites for hydroxylation is 1. The molecule has 1 aliphatic heterocycles. The van der Waals surface area contributed by atoms with Crippen molar-refractivity contribution < 1.29 is 41.4 Å². The Bertz CT molecular complexity index is 2100. The number of thiophene rings is 1. The van der Waals surface area contributed by atoms with Gasteiger partial charge in [-0.2, -0.15) is 8.78 Å². The zero-order valence-electron chi connectivity index (χ0n) is 22.9. The third kappa shape index (κ3) is 5.24. The van der Waals surface area contributed by atoms with E-state index in [2.05, 4.69) is 9.72 Å². The Morgan fingerprint density at radius 2 is 1.91 bits per heavy atom. The zero-order valence-corrected chi connectivity index (χ0v) is 23.7. The summed E-state index contributed by atoms with van der Waals surface area (Å²) in [5.41, 5.74) is -0.716. The van der Waals surface area contributed by atoms with Crippen LogP contribution in [0, 0.1) is 12.7 Å². The van der Waals surface area contributed by atoms with Crippen LogP contribution >= 0.6 is 11.3 Å². The monoisotopic (exact) mass is 629 g/mol. The molecule has 2 bridgehead atoms. The molecule has 0 amide bonds. The van der Waals surface area contributed by atoms with Gasteiger partial charge in [0.2, 0.25) is 5.89 Å². The fraction of sp³-hybridized carbons (Fsp3) is 0.241. The molecule has 15 heteroatoms. The summed E-state index contributed by atoms with van der Waals surface area (Å²) in [7, 11) is 0. The van der Waals surface area contributed by atoms with Crippen LogP contribution in [0.5, 0.6) is 5.75 Å². The second kappa shape index (κ2) is 11.3. The van der Waals surface area contributed by atoms with Crippen LogP contribution in [0.15, 0.2) is 61.2 Å². The highest BCUT2D eigenvalue weighted by Gasteiger charge is 2.30. The molecule has 0 spiro atoms.